The average molecular weight is 268 g/mol. The number of methoxy groups -OCH3 is 1. The van der Waals surface area contributed by atoms with E-state index >= 15 is 0 Å². The van der Waals surface area contributed by atoms with Gasteiger partial charge in [-0.1, -0.05) is 0 Å². The second-order valence-electron chi connectivity index (χ2n) is 4.12. The fraction of sp³-hybridized carbons (Fsp3) is 0.462. The van der Waals surface area contributed by atoms with E-state index in [-0.39, 0.29) is 5.91 Å². The first-order valence-electron chi connectivity index (χ1n) is 5.80. The highest BCUT2D eigenvalue weighted by atomic mass is 32.2. The van der Waals surface area contributed by atoms with Gasteiger partial charge in [-0.15, -0.1) is 11.8 Å². The van der Waals surface area contributed by atoms with Crippen LogP contribution in [0.2, 0.25) is 0 Å². The number of nitrogens with one attached hydrogen (secondary N) is 1. The van der Waals surface area contributed by atoms with Crippen molar-refractivity contribution < 1.29 is 9.53 Å². The van der Waals surface area contributed by atoms with Gasteiger partial charge in [0.15, 0.2) is 0 Å². The van der Waals surface area contributed by atoms with Crippen molar-refractivity contribution in [2.24, 2.45) is 0 Å². The van der Waals surface area contributed by atoms with Crippen LogP contribution in [0.15, 0.2) is 29.2 Å². The zero-order valence-corrected chi connectivity index (χ0v) is 11.9. The lowest BCUT2D eigenvalue weighted by Gasteiger charge is -2.10. The topological polar surface area (TPSA) is 41.6 Å². The second-order valence-corrected chi connectivity index (χ2v) is 5.17. The van der Waals surface area contributed by atoms with E-state index in [0.717, 1.165) is 17.2 Å². The molecule has 0 aromatic heterocycles. The molecule has 1 amide bonds. The summed E-state index contributed by atoms with van der Waals surface area (Å²) in [5.74, 6) is 1.34. The molecule has 18 heavy (non-hydrogen) atoms. The van der Waals surface area contributed by atoms with Crippen LogP contribution in [0.4, 0.5) is 0 Å². The summed E-state index contributed by atoms with van der Waals surface area (Å²) >= 11 is 1.53. The van der Waals surface area contributed by atoms with E-state index in [4.69, 9.17) is 4.74 Å². The van der Waals surface area contributed by atoms with Crippen molar-refractivity contribution in [2.45, 2.75) is 4.90 Å². The minimum absolute atomic E-state index is 0.0673. The zero-order chi connectivity index (χ0) is 13.4. The molecule has 0 radical (unpaired) electrons. The molecule has 5 heteroatoms. The molecule has 1 aromatic carbocycles. The van der Waals surface area contributed by atoms with Crippen LogP contribution in [-0.4, -0.2) is 50.9 Å². The third-order valence-corrected chi connectivity index (χ3v) is 3.32. The summed E-state index contributed by atoms with van der Waals surface area (Å²) in [7, 11) is 5.61. The van der Waals surface area contributed by atoms with Crippen molar-refractivity contribution in [2.75, 3.05) is 40.0 Å². The standard InChI is InChI=1S/C13H20N2O2S/c1-15(2)9-8-14-13(16)10-18-12-6-4-11(17-3)5-7-12/h4-7H,8-10H2,1-3H3,(H,14,16). The molecule has 0 spiro atoms. The van der Waals surface area contributed by atoms with E-state index < -0.39 is 0 Å². The number of ether oxygens (including phenoxy) is 1. The number of benzene rings is 1. The van der Waals surface area contributed by atoms with Crippen LogP contribution in [0.1, 0.15) is 0 Å². The molecule has 0 fully saturated rings. The highest BCUT2D eigenvalue weighted by Gasteiger charge is 2.02. The summed E-state index contributed by atoms with van der Waals surface area (Å²) in [5.41, 5.74) is 0. The fourth-order valence-electron chi connectivity index (χ4n) is 1.29. The van der Waals surface area contributed by atoms with Gasteiger partial charge in [-0.25, -0.2) is 0 Å². The Bertz CT molecular complexity index is 366. The van der Waals surface area contributed by atoms with E-state index in [0.29, 0.717) is 12.3 Å². The van der Waals surface area contributed by atoms with Gasteiger partial charge in [-0.2, -0.15) is 0 Å². The van der Waals surface area contributed by atoms with Crippen molar-refractivity contribution in [3.8, 4) is 5.75 Å². The summed E-state index contributed by atoms with van der Waals surface area (Å²) < 4.78 is 5.08. The Kier molecular flexibility index (Phi) is 6.60. The van der Waals surface area contributed by atoms with Crippen molar-refractivity contribution in [3.63, 3.8) is 0 Å². The van der Waals surface area contributed by atoms with Crippen molar-refractivity contribution >= 4 is 17.7 Å². The lowest BCUT2D eigenvalue weighted by atomic mass is 10.3. The molecule has 1 aromatic rings. The van der Waals surface area contributed by atoms with E-state index in [1.807, 2.05) is 43.3 Å². The molecule has 0 saturated heterocycles. The summed E-state index contributed by atoms with van der Waals surface area (Å²) in [5, 5.41) is 2.88. The Hall–Kier alpha value is -1.20. The number of carbonyl (C=O) groups excluding carboxylic acids is 1. The maximum Gasteiger partial charge on any atom is 0.230 e. The molecule has 0 bridgehead atoms. The minimum Gasteiger partial charge on any atom is -0.497 e. The summed E-state index contributed by atoms with van der Waals surface area (Å²) in [6.07, 6.45) is 0. The average Bonchev–Trinajstić information content (AvgIpc) is 2.36. The molecule has 1 N–H and O–H groups in total. The Labute approximate surface area is 113 Å². The van der Waals surface area contributed by atoms with Gasteiger partial charge < -0.3 is 15.0 Å². The monoisotopic (exact) mass is 268 g/mol. The third kappa shape index (κ3) is 5.93. The number of amides is 1. The number of carbonyl (C=O) groups is 1. The van der Waals surface area contributed by atoms with Crippen molar-refractivity contribution in [1.29, 1.82) is 0 Å². The van der Waals surface area contributed by atoms with Crippen LogP contribution >= 0.6 is 11.8 Å². The minimum atomic E-state index is 0.0673. The van der Waals surface area contributed by atoms with E-state index in [9.17, 15) is 4.79 Å². The van der Waals surface area contributed by atoms with Crippen molar-refractivity contribution in [1.82, 2.24) is 10.2 Å². The SMILES string of the molecule is COc1ccc(SCC(=O)NCCN(C)C)cc1. The van der Waals surface area contributed by atoms with Gasteiger partial charge in [0.2, 0.25) is 5.91 Å². The number of hydrogen-bond acceptors (Lipinski definition) is 4. The van der Waals surface area contributed by atoms with Crippen LogP contribution in [-0.2, 0) is 4.79 Å². The van der Waals surface area contributed by atoms with Gasteiger partial charge in [-0.05, 0) is 38.4 Å². The molecule has 0 unspecified atom stereocenters. The normalized spacial score (nSPS) is 10.4. The van der Waals surface area contributed by atoms with Gasteiger partial charge in [0.25, 0.3) is 0 Å². The number of nitrogens with zero attached hydrogens (tertiary/aromatic N) is 1. The van der Waals surface area contributed by atoms with E-state index in [1.165, 1.54) is 11.8 Å². The maximum atomic E-state index is 11.5. The van der Waals surface area contributed by atoms with Crippen LogP contribution in [0.5, 0.6) is 5.75 Å². The second kappa shape index (κ2) is 8.00. The van der Waals surface area contributed by atoms with Gasteiger partial charge >= 0.3 is 0 Å². The Morgan fingerprint density at radius 2 is 2.00 bits per heavy atom. The lowest BCUT2D eigenvalue weighted by molar-refractivity contribution is -0.118. The fourth-order valence-corrected chi connectivity index (χ4v) is 2.02. The predicted molar refractivity (Wildman–Crippen MR) is 75.3 cm³/mol. The molecular formula is C13H20N2O2S. The smallest absolute Gasteiger partial charge is 0.230 e. The van der Waals surface area contributed by atoms with Crippen LogP contribution in [0.3, 0.4) is 0 Å². The molecule has 0 aliphatic heterocycles. The van der Waals surface area contributed by atoms with Crippen LogP contribution in [0, 0.1) is 0 Å². The van der Waals surface area contributed by atoms with E-state index in [1.54, 1.807) is 7.11 Å². The van der Waals surface area contributed by atoms with Crippen LogP contribution < -0.4 is 10.1 Å². The molecule has 0 aliphatic carbocycles. The highest BCUT2D eigenvalue weighted by molar-refractivity contribution is 8.00. The summed E-state index contributed by atoms with van der Waals surface area (Å²) in [6, 6.07) is 7.70. The highest BCUT2D eigenvalue weighted by Crippen LogP contribution is 2.20. The van der Waals surface area contributed by atoms with Gasteiger partial charge in [0, 0.05) is 18.0 Å². The van der Waals surface area contributed by atoms with Gasteiger partial charge in [0.05, 0.1) is 12.9 Å². The number of rotatable bonds is 7. The molecule has 1 rings (SSSR count). The number of thioether (sulfide) groups is 1. The molecule has 100 valence electrons. The summed E-state index contributed by atoms with van der Waals surface area (Å²) in [4.78, 5) is 14.7. The zero-order valence-electron chi connectivity index (χ0n) is 11.1. The lowest BCUT2D eigenvalue weighted by Crippen LogP contribution is -2.32. The van der Waals surface area contributed by atoms with Gasteiger partial charge in [-0.3, -0.25) is 4.79 Å². The van der Waals surface area contributed by atoms with E-state index in [2.05, 4.69) is 5.32 Å². The van der Waals surface area contributed by atoms with Gasteiger partial charge in [0.1, 0.15) is 5.75 Å². The van der Waals surface area contributed by atoms with Crippen molar-refractivity contribution in [3.05, 3.63) is 24.3 Å². The molecule has 0 saturated carbocycles. The largest absolute Gasteiger partial charge is 0.497 e. The Morgan fingerprint density at radius 3 is 2.56 bits per heavy atom. The molecule has 4 nitrogen and oxygen atoms in total. The molecule has 0 atom stereocenters. The summed E-state index contributed by atoms with van der Waals surface area (Å²) in [6.45, 7) is 1.55. The quantitative estimate of drug-likeness (QED) is 0.760. The maximum absolute atomic E-state index is 11.5. The molecular weight excluding hydrogens is 248 g/mol. The Balaban J connectivity index is 2.24. The first-order valence-corrected chi connectivity index (χ1v) is 6.78. The predicted octanol–water partition coefficient (Wildman–Crippen LogP) is 1.47. The number of likely N-dealkylation sites (N-methyl/N-ethyl adjacent to an activating group) is 1. The number of hydrogen-bond donors (Lipinski definition) is 1. The third-order valence-electron chi connectivity index (χ3n) is 2.31. The molecule has 0 heterocycles. The molecule has 0 aliphatic rings. The first-order chi connectivity index (χ1) is 8.61. The van der Waals surface area contributed by atoms with Crippen LogP contribution in [0.25, 0.3) is 0 Å². The first kappa shape index (κ1) is 14.9. The Morgan fingerprint density at radius 1 is 1.33 bits per heavy atom.